The number of hydrogen-bond acceptors (Lipinski definition) is 2. The highest BCUT2D eigenvalue weighted by Gasteiger charge is 2.19. The van der Waals surface area contributed by atoms with Crippen molar-refractivity contribution in [2.24, 2.45) is 5.92 Å². The Kier molecular flexibility index (Phi) is 4.10. The summed E-state index contributed by atoms with van der Waals surface area (Å²) < 4.78 is 5.66. The molecule has 1 aromatic carbocycles. The van der Waals surface area contributed by atoms with Crippen molar-refractivity contribution in [3.05, 3.63) is 47.5 Å². The molecule has 0 spiro atoms. The molecule has 0 radical (unpaired) electrons. The summed E-state index contributed by atoms with van der Waals surface area (Å²) >= 11 is 0. The van der Waals surface area contributed by atoms with Crippen molar-refractivity contribution in [2.75, 3.05) is 6.61 Å². The highest BCUT2D eigenvalue weighted by molar-refractivity contribution is 5.95. The van der Waals surface area contributed by atoms with Gasteiger partial charge in [0.15, 0.2) is 5.78 Å². The van der Waals surface area contributed by atoms with E-state index in [0.29, 0.717) is 25.6 Å². The van der Waals surface area contributed by atoms with Crippen LogP contribution in [0, 0.1) is 5.92 Å². The van der Waals surface area contributed by atoms with Crippen LogP contribution in [0.3, 0.4) is 0 Å². The van der Waals surface area contributed by atoms with Gasteiger partial charge in [-0.15, -0.1) is 0 Å². The molecule has 1 unspecified atom stereocenters. The number of hydrogen-bond donors (Lipinski definition) is 0. The summed E-state index contributed by atoms with van der Waals surface area (Å²) in [5, 5.41) is 0. The molecule has 0 bridgehead atoms. The Hall–Kier alpha value is -1.41. The summed E-state index contributed by atoms with van der Waals surface area (Å²) in [6, 6.07) is 10.1. The molecule has 90 valence electrons. The van der Waals surface area contributed by atoms with Gasteiger partial charge in [0.25, 0.3) is 0 Å². The second kappa shape index (κ2) is 5.78. The standard InChI is InChI=1S/C15H18O2/c1-12-7-8-14(9-15(12)16)11-17-10-13-5-3-2-4-6-13/h2-7,14H,8-11H2,1H3. The molecule has 1 atom stereocenters. The number of ketones is 1. The first-order chi connectivity index (χ1) is 8.25. The third-order valence-electron chi connectivity index (χ3n) is 3.14. The van der Waals surface area contributed by atoms with Crippen molar-refractivity contribution in [1.29, 1.82) is 0 Å². The average Bonchev–Trinajstić information content (AvgIpc) is 2.35. The van der Waals surface area contributed by atoms with E-state index in [1.54, 1.807) is 0 Å². The summed E-state index contributed by atoms with van der Waals surface area (Å²) in [5.74, 6) is 0.625. The normalized spacial score (nSPS) is 20.2. The Morgan fingerprint density at radius 2 is 2.06 bits per heavy atom. The minimum atomic E-state index is 0.268. The number of allylic oxidation sites excluding steroid dienone is 2. The Morgan fingerprint density at radius 3 is 2.76 bits per heavy atom. The van der Waals surface area contributed by atoms with Crippen LogP contribution in [0.5, 0.6) is 0 Å². The average molecular weight is 230 g/mol. The van der Waals surface area contributed by atoms with Gasteiger partial charge < -0.3 is 4.74 Å². The fraction of sp³-hybridized carbons (Fsp3) is 0.400. The van der Waals surface area contributed by atoms with E-state index in [-0.39, 0.29) is 5.78 Å². The van der Waals surface area contributed by atoms with E-state index in [9.17, 15) is 4.79 Å². The molecule has 0 aliphatic heterocycles. The SMILES string of the molecule is CC1=CCC(COCc2ccccc2)CC1=O. The Balaban J connectivity index is 1.75. The Bertz CT molecular complexity index is 406. The van der Waals surface area contributed by atoms with E-state index < -0.39 is 0 Å². The van der Waals surface area contributed by atoms with E-state index in [2.05, 4.69) is 12.1 Å². The van der Waals surface area contributed by atoms with Crippen LogP contribution in [-0.4, -0.2) is 12.4 Å². The van der Waals surface area contributed by atoms with Gasteiger partial charge in [-0.3, -0.25) is 4.79 Å². The summed E-state index contributed by atoms with van der Waals surface area (Å²) in [5.41, 5.74) is 2.09. The van der Waals surface area contributed by atoms with E-state index >= 15 is 0 Å². The molecular formula is C15H18O2. The van der Waals surface area contributed by atoms with Gasteiger partial charge in [0.2, 0.25) is 0 Å². The van der Waals surface area contributed by atoms with Crippen LogP contribution in [0.15, 0.2) is 42.0 Å². The molecular weight excluding hydrogens is 212 g/mol. The third kappa shape index (κ3) is 3.53. The molecule has 0 heterocycles. The summed E-state index contributed by atoms with van der Waals surface area (Å²) in [6.07, 6.45) is 3.63. The second-order valence-electron chi connectivity index (χ2n) is 4.62. The molecule has 0 saturated heterocycles. The molecule has 0 amide bonds. The Morgan fingerprint density at radius 1 is 1.29 bits per heavy atom. The number of Topliss-reactive ketones (excluding diaryl/α,β-unsaturated/α-hetero) is 1. The van der Waals surface area contributed by atoms with Crippen molar-refractivity contribution < 1.29 is 9.53 Å². The third-order valence-corrected chi connectivity index (χ3v) is 3.14. The number of carbonyl (C=O) groups excluding carboxylic acids is 1. The molecule has 0 saturated carbocycles. The number of rotatable bonds is 4. The van der Waals surface area contributed by atoms with E-state index in [1.165, 1.54) is 5.56 Å². The van der Waals surface area contributed by atoms with Crippen LogP contribution in [-0.2, 0) is 16.1 Å². The number of carbonyl (C=O) groups is 1. The lowest BCUT2D eigenvalue weighted by atomic mass is 9.90. The lowest BCUT2D eigenvalue weighted by molar-refractivity contribution is -0.117. The summed E-state index contributed by atoms with van der Waals surface area (Å²) in [6.45, 7) is 3.20. The molecule has 0 N–H and O–H groups in total. The van der Waals surface area contributed by atoms with Crippen molar-refractivity contribution >= 4 is 5.78 Å². The zero-order valence-corrected chi connectivity index (χ0v) is 10.2. The van der Waals surface area contributed by atoms with Crippen LogP contribution in [0.25, 0.3) is 0 Å². The Labute approximate surface area is 102 Å². The lowest BCUT2D eigenvalue weighted by Crippen LogP contribution is -2.18. The van der Waals surface area contributed by atoms with Crippen molar-refractivity contribution in [1.82, 2.24) is 0 Å². The van der Waals surface area contributed by atoms with Crippen molar-refractivity contribution in [3.8, 4) is 0 Å². The highest BCUT2D eigenvalue weighted by Crippen LogP contribution is 2.20. The van der Waals surface area contributed by atoms with Gasteiger partial charge in [-0.2, -0.15) is 0 Å². The number of benzene rings is 1. The topological polar surface area (TPSA) is 26.3 Å². The minimum absolute atomic E-state index is 0.268. The molecule has 1 aliphatic rings. The monoisotopic (exact) mass is 230 g/mol. The van der Waals surface area contributed by atoms with Crippen LogP contribution < -0.4 is 0 Å². The maximum absolute atomic E-state index is 11.5. The van der Waals surface area contributed by atoms with Crippen LogP contribution >= 0.6 is 0 Å². The number of ether oxygens (including phenoxy) is 1. The maximum atomic E-state index is 11.5. The van der Waals surface area contributed by atoms with Crippen LogP contribution in [0.1, 0.15) is 25.3 Å². The van der Waals surface area contributed by atoms with Crippen LogP contribution in [0.2, 0.25) is 0 Å². The summed E-state index contributed by atoms with van der Waals surface area (Å²) in [4.78, 5) is 11.5. The van der Waals surface area contributed by atoms with Gasteiger partial charge in [0.05, 0.1) is 13.2 Å². The predicted molar refractivity (Wildman–Crippen MR) is 67.6 cm³/mol. The van der Waals surface area contributed by atoms with E-state index in [4.69, 9.17) is 4.74 Å². The second-order valence-corrected chi connectivity index (χ2v) is 4.62. The molecule has 17 heavy (non-hydrogen) atoms. The smallest absolute Gasteiger partial charge is 0.158 e. The molecule has 0 fully saturated rings. The van der Waals surface area contributed by atoms with Crippen molar-refractivity contribution in [3.63, 3.8) is 0 Å². The predicted octanol–water partition coefficient (Wildman–Crippen LogP) is 3.13. The largest absolute Gasteiger partial charge is 0.376 e. The van der Waals surface area contributed by atoms with Gasteiger partial charge in [0, 0.05) is 6.42 Å². The van der Waals surface area contributed by atoms with E-state index in [0.717, 1.165) is 12.0 Å². The molecule has 2 nitrogen and oxygen atoms in total. The maximum Gasteiger partial charge on any atom is 0.158 e. The van der Waals surface area contributed by atoms with Gasteiger partial charge in [-0.1, -0.05) is 36.4 Å². The molecule has 2 rings (SSSR count). The molecule has 0 aromatic heterocycles. The van der Waals surface area contributed by atoms with E-state index in [1.807, 2.05) is 31.2 Å². The highest BCUT2D eigenvalue weighted by atomic mass is 16.5. The first-order valence-electron chi connectivity index (χ1n) is 6.07. The zero-order valence-electron chi connectivity index (χ0n) is 10.2. The van der Waals surface area contributed by atoms with Gasteiger partial charge in [0.1, 0.15) is 0 Å². The molecule has 2 heteroatoms. The lowest BCUT2D eigenvalue weighted by Gasteiger charge is -2.19. The molecule has 1 aliphatic carbocycles. The first kappa shape index (κ1) is 12.1. The van der Waals surface area contributed by atoms with Crippen molar-refractivity contribution in [2.45, 2.75) is 26.4 Å². The van der Waals surface area contributed by atoms with Gasteiger partial charge in [-0.05, 0) is 30.4 Å². The quantitative estimate of drug-likeness (QED) is 0.794. The van der Waals surface area contributed by atoms with Gasteiger partial charge in [-0.25, -0.2) is 0 Å². The fourth-order valence-corrected chi connectivity index (χ4v) is 2.01. The van der Waals surface area contributed by atoms with Crippen LogP contribution in [0.4, 0.5) is 0 Å². The zero-order chi connectivity index (χ0) is 12.1. The first-order valence-corrected chi connectivity index (χ1v) is 6.07. The van der Waals surface area contributed by atoms with Gasteiger partial charge >= 0.3 is 0 Å². The summed E-state index contributed by atoms with van der Waals surface area (Å²) in [7, 11) is 0. The fourth-order valence-electron chi connectivity index (χ4n) is 2.01. The minimum Gasteiger partial charge on any atom is -0.376 e. The molecule has 1 aromatic rings.